The molecule has 1 aromatic heterocycles. The molecule has 1 aliphatic heterocycles. The van der Waals surface area contributed by atoms with E-state index in [1.54, 1.807) is 11.1 Å². The highest BCUT2D eigenvalue weighted by Crippen LogP contribution is 2.21. The van der Waals surface area contributed by atoms with E-state index in [4.69, 9.17) is 5.11 Å². The second-order valence-corrected chi connectivity index (χ2v) is 4.52. The summed E-state index contributed by atoms with van der Waals surface area (Å²) < 4.78 is 1.87. The highest BCUT2D eigenvalue weighted by molar-refractivity contribution is 5.80. The van der Waals surface area contributed by atoms with Crippen LogP contribution in [0.15, 0.2) is 18.5 Å². The maximum atomic E-state index is 11.9. The summed E-state index contributed by atoms with van der Waals surface area (Å²) >= 11 is 0. The summed E-state index contributed by atoms with van der Waals surface area (Å²) in [6, 6.07) is 2.08. The molecule has 2 rings (SSSR count). The molecule has 1 unspecified atom stereocenters. The van der Waals surface area contributed by atoms with Crippen LogP contribution in [0.5, 0.6) is 0 Å². The smallest absolute Gasteiger partial charge is 0.303 e. The Balaban J connectivity index is 1.90. The van der Waals surface area contributed by atoms with E-state index in [0.29, 0.717) is 6.54 Å². The molecule has 1 amide bonds. The van der Waals surface area contributed by atoms with Crippen LogP contribution >= 0.6 is 0 Å². The summed E-state index contributed by atoms with van der Waals surface area (Å²) in [5.74, 6) is -1.00. The van der Waals surface area contributed by atoms with Crippen molar-refractivity contribution in [3.63, 3.8) is 0 Å². The summed E-state index contributed by atoms with van der Waals surface area (Å²) in [4.78, 5) is 24.1. The van der Waals surface area contributed by atoms with E-state index in [0.717, 1.165) is 19.4 Å². The number of piperidine rings is 1. The molecule has 1 atom stereocenters. The Hall–Kier alpha value is -1.85. The molecule has 1 saturated heterocycles. The van der Waals surface area contributed by atoms with Gasteiger partial charge in [-0.25, -0.2) is 0 Å². The molecule has 1 aromatic rings. The van der Waals surface area contributed by atoms with Gasteiger partial charge in [-0.1, -0.05) is 0 Å². The standard InChI is InChI=1S/C12H17N3O3/c16-11(4-5-12(17)18)14-7-1-3-10(9-14)15-8-2-6-13-15/h2,6,8,10H,1,3-5,7,9H2,(H,17,18). The summed E-state index contributed by atoms with van der Waals surface area (Å²) in [5, 5.41) is 12.8. The highest BCUT2D eigenvalue weighted by Gasteiger charge is 2.24. The SMILES string of the molecule is O=C(O)CCC(=O)N1CCCC(n2cccn2)C1. The normalized spacial score (nSPS) is 19.8. The second-order valence-electron chi connectivity index (χ2n) is 4.52. The van der Waals surface area contributed by atoms with Gasteiger partial charge in [0.05, 0.1) is 12.5 Å². The number of carbonyl (C=O) groups is 2. The third-order valence-corrected chi connectivity index (χ3v) is 3.20. The maximum absolute atomic E-state index is 11.9. The fourth-order valence-corrected chi connectivity index (χ4v) is 2.27. The van der Waals surface area contributed by atoms with Crippen LogP contribution in [0.25, 0.3) is 0 Å². The van der Waals surface area contributed by atoms with Crippen molar-refractivity contribution in [1.29, 1.82) is 0 Å². The van der Waals surface area contributed by atoms with Gasteiger partial charge in [0, 0.05) is 31.9 Å². The number of aliphatic carboxylic acids is 1. The van der Waals surface area contributed by atoms with E-state index in [9.17, 15) is 9.59 Å². The predicted molar refractivity (Wildman–Crippen MR) is 63.9 cm³/mol. The molecule has 6 heteroatoms. The van der Waals surface area contributed by atoms with E-state index in [2.05, 4.69) is 5.10 Å². The van der Waals surface area contributed by atoms with Gasteiger partial charge in [-0.3, -0.25) is 14.3 Å². The van der Waals surface area contributed by atoms with Crippen molar-refractivity contribution >= 4 is 11.9 Å². The first kappa shape index (κ1) is 12.6. The van der Waals surface area contributed by atoms with Crippen LogP contribution in [0, 0.1) is 0 Å². The quantitative estimate of drug-likeness (QED) is 0.863. The van der Waals surface area contributed by atoms with Crippen molar-refractivity contribution < 1.29 is 14.7 Å². The Labute approximate surface area is 105 Å². The van der Waals surface area contributed by atoms with E-state index in [1.165, 1.54) is 0 Å². The number of carboxylic acids is 1. The molecule has 0 spiro atoms. The van der Waals surface area contributed by atoms with Gasteiger partial charge in [-0.15, -0.1) is 0 Å². The maximum Gasteiger partial charge on any atom is 0.303 e. The molecule has 0 bridgehead atoms. The van der Waals surface area contributed by atoms with Crippen LogP contribution in [-0.2, 0) is 9.59 Å². The third kappa shape index (κ3) is 3.09. The zero-order valence-corrected chi connectivity index (χ0v) is 10.2. The van der Waals surface area contributed by atoms with Crippen LogP contribution in [-0.4, -0.2) is 44.8 Å². The largest absolute Gasteiger partial charge is 0.481 e. The first-order valence-corrected chi connectivity index (χ1v) is 6.15. The molecule has 2 heterocycles. The fourth-order valence-electron chi connectivity index (χ4n) is 2.27. The van der Waals surface area contributed by atoms with Crippen molar-refractivity contribution in [2.45, 2.75) is 31.7 Å². The number of aromatic nitrogens is 2. The zero-order valence-electron chi connectivity index (χ0n) is 10.2. The van der Waals surface area contributed by atoms with Crippen molar-refractivity contribution in [3.05, 3.63) is 18.5 Å². The van der Waals surface area contributed by atoms with Crippen LogP contribution < -0.4 is 0 Å². The number of likely N-dealkylation sites (tertiary alicyclic amines) is 1. The molecule has 0 saturated carbocycles. The molecule has 1 fully saturated rings. The van der Waals surface area contributed by atoms with E-state index >= 15 is 0 Å². The van der Waals surface area contributed by atoms with Gasteiger partial charge < -0.3 is 10.0 Å². The average molecular weight is 251 g/mol. The number of amides is 1. The minimum absolute atomic E-state index is 0.0748. The summed E-state index contributed by atoms with van der Waals surface area (Å²) in [6.45, 7) is 1.34. The number of hydrogen-bond donors (Lipinski definition) is 1. The molecule has 98 valence electrons. The molecule has 6 nitrogen and oxygen atoms in total. The van der Waals surface area contributed by atoms with E-state index < -0.39 is 5.97 Å². The van der Waals surface area contributed by atoms with Gasteiger partial charge >= 0.3 is 5.97 Å². The highest BCUT2D eigenvalue weighted by atomic mass is 16.4. The molecule has 1 N–H and O–H groups in total. The Kier molecular flexibility index (Phi) is 3.96. The summed E-state index contributed by atoms with van der Waals surface area (Å²) in [6.07, 6.45) is 5.55. The van der Waals surface area contributed by atoms with Gasteiger partial charge in [0.2, 0.25) is 5.91 Å². The number of carboxylic acid groups (broad SMARTS) is 1. The minimum atomic E-state index is -0.927. The van der Waals surface area contributed by atoms with Crippen LogP contribution in [0.1, 0.15) is 31.7 Å². The van der Waals surface area contributed by atoms with Gasteiger partial charge in [0.15, 0.2) is 0 Å². The van der Waals surface area contributed by atoms with Crippen LogP contribution in [0.2, 0.25) is 0 Å². The number of nitrogens with zero attached hydrogens (tertiary/aromatic N) is 3. The van der Waals surface area contributed by atoms with Gasteiger partial charge in [0.1, 0.15) is 0 Å². The predicted octanol–water partition coefficient (Wildman–Crippen LogP) is 0.911. The summed E-state index contributed by atoms with van der Waals surface area (Å²) in [5.41, 5.74) is 0. The van der Waals surface area contributed by atoms with Crippen molar-refractivity contribution in [1.82, 2.24) is 14.7 Å². The molecule has 0 aromatic carbocycles. The first-order chi connectivity index (χ1) is 8.66. The van der Waals surface area contributed by atoms with Crippen molar-refractivity contribution in [2.24, 2.45) is 0 Å². The third-order valence-electron chi connectivity index (χ3n) is 3.20. The van der Waals surface area contributed by atoms with E-state index in [1.807, 2.05) is 16.9 Å². The fraction of sp³-hybridized carbons (Fsp3) is 0.583. The van der Waals surface area contributed by atoms with Gasteiger partial charge in [-0.05, 0) is 18.9 Å². The first-order valence-electron chi connectivity index (χ1n) is 6.15. The average Bonchev–Trinajstić information content (AvgIpc) is 2.90. The molecular formula is C12H17N3O3. The Morgan fingerprint density at radius 2 is 2.22 bits per heavy atom. The molecule has 0 aliphatic carbocycles. The van der Waals surface area contributed by atoms with Gasteiger partial charge in [-0.2, -0.15) is 5.10 Å². The second kappa shape index (κ2) is 5.66. The minimum Gasteiger partial charge on any atom is -0.481 e. The lowest BCUT2D eigenvalue weighted by Gasteiger charge is -2.32. The Bertz CT molecular complexity index is 416. The van der Waals surface area contributed by atoms with E-state index in [-0.39, 0.29) is 24.8 Å². The lowest BCUT2D eigenvalue weighted by Crippen LogP contribution is -2.40. The van der Waals surface area contributed by atoms with Crippen LogP contribution in [0.3, 0.4) is 0 Å². The summed E-state index contributed by atoms with van der Waals surface area (Å²) in [7, 11) is 0. The molecule has 18 heavy (non-hydrogen) atoms. The Morgan fingerprint density at radius 3 is 2.89 bits per heavy atom. The Morgan fingerprint density at radius 1 is 1.39 bits per heavy atom. The number of hydrogen-bond acceptors (Lipinski definition) is 3. The lowest BCUT2D eigenvalue weighted by atomic mass is 10.1. The molecule has 1 aliphatic rings. The van der Waals surface area contributed by atoms with Crippen molar-refractivity contribution in [3.8, 4) is 0 Å². The number of rotatable bonds is 4. The molecule has 0 radical (unpaired) electrons. The lowest BCUT2D eigenvalue weighted by molar-refractivity contribution is -0.141. The van der Waals surface area contributed by atoms with Crippen LogP contribution in [0.4, 0.5) is 0 Å². The zero-order chi connectivity index (χ0) is 13.0. The van der Waals surface area contributed by atoms with Gasteiger partial charge in [0.25, 0.3) is 0 Å². The molecular weight excluding hydrogens is 234 g/mol. The monoisotopic (exact) mass is 251 g/mol. The topological polar surface area (TPSA) is 75.4 Å². The van der Waals surface area contributed by atoms with Crippen molar-refractivity contribution in [2.75, 3.05) is 13.1 Å². The number of carbonyl (C=O) groups excluding carboxylic acids is 1.